The number of fused-ring (bicyclic) bond motifs is 1. The molecule has 3 rings (SSSR count). The van der Waals surface area contributed by atoms with Crippen molar-refractivity contribution >= 4 is 35.2 Å². The zero-order valence-corrected chi connectivity index (χ0v) is 17.7. The standard InChI is InChI=1S/C22H25N3O3S/c1-4-25(14-15-5-7-16(8-6-15)21(27)24(2)3)22(28)17-9-10-19-18(13-17)23-20(26)11-12-29-19/h5-10,13H,4,11-12,14H2,1-3H3,(H,23,26). The zero-order valence-electron chi connectivity index (χ0n) is 16.9. The lowest BCUT2D eigenvalue weighted by Gasteiger charge is -2.22. The molecule has 1 heterocycles. The summed E-state index contributed by atoms with van der Waals surface area (Å²) >= 11 is 1.62. The van der Waals surface area contributed by atoms with E-state index in [4.69, 9.17) is 0 Å². The topological polar surface area (TPSA) is 69.7 Å². The van der Waals surface area contributed by atoms with Gasteiger partial charge in [-0.15, -0.1) is 11.8 Å². The predicted octanol–water partition coefficient (Wildman–Crippen LogP) is 3.49. The van der Waals surface area contributed by atoms with Crippen LogP contribution in [0.4, 0.5) is 5.69 Å². The number of benzene rings is 2. The quantitative estimate of drug-likeness (QED) is 0.818. The Balaban J connectivity index is 1.75. The first-order valence-electron chi connectivity index (χ1n) is 9.55. The fourth-order valence-corrected chi connectivity index (χ4v) is 4.03. The molecule has 2 aromatic rings. The van der Waals surface area contributed by atoms with Gasteiger partial charge in [0.1, 0.15) is 0 Å². The predicted molar refractivity (Wildman–Crippen MR) is 115 cm³/mol. The number of hydrogen-bond donors (Lipinski definition) is 1. The highest BCUT2D eigenvalue weighted by Crippen LogP contribution is 2.31. The molecule has 0 aromatic heterocycles. The second kappa shape index (κ2) is 9.13. The molecule has 0 fully saturated rings. The van der Waals surface area contributed by atoms with Crippen LogP contribution in [-0.2, 0) is 11.3 Å². The molecule has 0 bridgehead atoms. The maximum Gasteiger partial charge on any atom is 0.254 e. The summed E-state index contributed by atoms with van der Waals surface area (Å²) in [5.74, 6) is 0.567. The third kappa shape index (κ3) is 4.98. The van der Waals surface area contributed by atoms with E-state index >= 15 is 0 Å². The zero-order chi connectivity index (χ0) is 21.0. The number of amides is 3. The van der Waals surface area contributed by atoms with E-state index in [-0.39, 0.29) is 17.7 Å². The molecule has 7 heteroatoms. The Kier molecular flexibility index (Phi) is 6.59. The largest absolute Gasteiger partial charge is 0.345 e. The summed E-state index contributed by atoms with van der Waals surface area (Å²) < 4.78 is 0. The number of nitrogens with one attached hydrogen (secondary N) is 1. The van der Waals surface area contributed by atoms with Crippen LogP contribution in [-0.4, -0.2) is 53.9 Å². The van der Waals surface area contributed by atoms with E-state index in [1.165, 1.54) is 4.90 Å². The van der Waals surface area contributed by atoms with Crippen molar-refractivity contribution in [3.05, 3.63) is 59.2 Å². The summed E-state index contributed by atoms with van der Waals surface area (Å²) in [4.78, 5) is 41.2. The van der Waals surface area contributed by atoms with E-state index in [9.17, 15) is 14.4 Å². The summed E-state index contributed by atoms with van der Waals surface area (Å²) in [6.45, 7) is 2.93. The highest BCUT2D eigenvalue weighted by atomic mass is 32.2. The number of carbonyl (C=O) groups excluding carboxylic acids is 3. The van der Waals surface area contributed by atoms with E-state index in [0.717, 1.165) is 16.2 Å². The fraction of sp³-hybridized carbons (Fsp3) is 0.318. The normalized spacial score (nSPS) is 13.1. The van der Waals surface area contributed by atoms with E-state index in [0.29, 0.717) is 36.3 Å². The van der Waals surface area contributed by atoms with Crippen molar-refractivity contribution in [2.24, 2.45) is 0 Å². The molecular weight excluding hydrogens is 386 g/mol. The average Bonchev–Trinajstić information content (AvgIpc) is 2.91. The van der Waals surface area contributed by atoms with Crippen LogP contribution in [0.1, 0.15) is 39.6 Å². The van der Waals surface area contributed by atoms with Gasteiger partial charge < -0.3 is 15.1 Å². The van der Waals surface area contributed by atoms with Gasteiger partial charge in [-0.25, -0.2) is 0 Å². The van der Waals surface area contributed by atoms with Gasteiger partial charge in [-0.1, -0.05) is 12.1 Å². The third-order valence-electron chi connectivity index (χ3n) is 4.74. The smallest absolute Gasteiger partial charge is 0.254 e. The van der Waals surface area contributed by atoms with Gasteiger partial charge in [0.05, 0.1) is 5.69 Å². The molecule has 0 saturated heterocycles. The molecular formula is C22H25N3O3S. The first-order chi connectivity index (χ1) is 13.9. The molecule has 0 spiro atoms. The van der Waals surface area contributed by atoms with Crippen LogP contribution in [0.2, 0.25) is 0 Å². The Hall–Kier alpha value is -2.80. The number of nitrogens with zero attached hydrogens (tertiary/aromatic N) is 2. The Morgan fingerprint density at radius 3 is 2.38 bits per heavy atom. The molecule has 0 radical (unpaired) electrons. The summed E-state index contributed by atoms with van der Waals surface area (Å²) in [7, 11) is 3.43. The highest BCUT2D eigenvalue weighted by Gasteiger charge is 2.19. The summed E-state index contributed by atoms with van der Waals surface area (Å²) in [6, 6.07) is 12.8. The molecule has 152 valence electrons. The molecule has 3 amide bonds. The van der Waals surface area contributed by atoms with Crippen LogP contribution in [0, 0.1) is 0 Å². The minimum absolute atomic E-state index is 0.0273. The fourth-order valence-electron chi connectivity index (χ4n) is 3.09. The van der Waals surface area contributed by atoms with E-state index < -0.39 is 0 Å². The minimum atomic E-state index is -0.0905. The lowest BCUT2D eigenvalue weighted by atomic mass is 10.1. The van der Waals surface area contributed by atoms with Gasteiger partial charge in [-0.05, 0) is 42.8 Å². The number of thioether (sulfide) groups is 1. The van der Waals surface area contributed by atoms with Gasteiger partial charge in [-0.2, -0.15) is 0 Å². The van der Waals surface area contributed by atoms with Crippen molar-refractivity contribution in [1.82, 2.24) is 9.80 Å². The van der Waals surface area contributed by atoms with Gasteiger partial charge in [0.15, 0.2) is 0 Å². The molecule has 0 saturated carbocycles. The molecule has 1 aliphatic rings. The molecule has 1 aliphatic heterocycles. The van der Waals surface area contributed by atoms with Crippen LogP contribution in [0.3, 0.4) is 0 Å². The van der Waals surface area contributed by atoms with Crippen LogP contribution in [0.25, 0.3) is 0 Å². The van der Waals surface area contributed by atoms with Crippen molar-refractivity contribution in [2.75, 3.05) is 31.7 Å². The monoisotopic (exact) mass is 411 g/mol. The summed E-state index contributed by atoms with van der Waals surface area (Å²) in [6.07, 6.45) is 0.468. The molecule has 0 atom stereocenters. The first kappa shape index (κ1) is 20.9. The third-order valence-corrected chi connectivity index (χ3v) is 5.81. The van der Waals surface area contributed by atoms with Gasteiger partial charge in [0.2, 0.25) is 5.91 Å². The average molecular weight is 412 g/mol. The Morgan fingerprint density at radius 1 is 1.03 bits per heavy atom. The van der Waals surface area contributed by atoms with E-state index in [2.05, 4.69) is 5.32 Å². The van der Waals surface area contributed by atoms with E-state index in [1.54, 1.807) is 49.0 Å². The van der Waals surface area contributed by atoms with Gasteiger partial charge in [-0.3, -0.25) is 14.4 Å². The molecule has 0 unspecified atom stereocenters. The second-order valence-electron chi connectivity index (χ2n) is 7.07. The maximum atomic E-state index is 13.0. The number of anilines is 1. The molecule has 2 aromatic carbocycles. The second-order valence-corrected chi connectivity index (χ2v) is 8.21. The highest BCUT2D eigenvalue weighted by molar-refractivity contribution is 7.99. The van der Waals surface area contributed by atoms with E-state index in [1.807, 2.05) is 31.2 Å². The molecule has 0 aliphatic carbocycles. The number of carbonyl (C=O) groups is 3. The van der Waals surface area contributed by atoms with Crippen LogP contribution in [0.15, 0.2) is 47.4 Å². The van der Waals surface area contributed by atoms with Crippen molar-refractivity contribution in [1.29, 1.82) is 0 Å². The van der Waals surface area contributed by atoms with Crippen molar-refractivity contribution in [3.63, 3.8) is 0 Å². The Labute approximate surface area is 175 Å². The lowest BCUT2D eigenvalue weighted by Crippen LogP contribution is -2.30. The number of rotatable bonds is 5. The lowest BCUT2D eigenvalue weighted by molar-refractivity contribution is -0.115. The maximum absolute atomic E-state index is 13.0. The molecule has 29 heavy (non-hydrogen) atoms. The van der Waals surface area contributed by atoms with Crippen molar-refractivity contribution in [2.45, 2.75) is 24.8 Å². The van der Waals surface area contributed by atoms with Crippen LogP contribution in [0.5, 0.6) is 0 Å². The van der Waals surface area contributed by atoms with Crippen LogP contribution >= 0.6 is 11.8 Å². The minimum Gasteiger partial charge on any atom is -0.345 e. The van der Waals surface area contributed by atoms with Gasteiger partial charge in [0, 0.05) is 55.4 Å². The van der Waals surface area contributed by atoms with Gasteiger partial charge >= 0.3 is 0 Å². The van der Waals surface area contributed by atoms with Crippen LogP contribution < -0.4 is 5.32 Å². The van der Waals surface area contributed by atoms with Crippen molar-refractivity contribution in [3.8, 4) is 0 Å². The summed E-state index contributed by atoms with van der Waals surface area (Å²) in [5.41, 5.74) is 2.82. The SMILES string of the molecule is CCN(Cc1ccc(C(=O)N(C)C)cc1)C(=O)c1ccc2c(c1)NC(=O)CCS2. The molecule has 6 nitrogen and oxygen atoms in total. The first-order valence-corrected chi connectivity index (χ1v) is 10.5. The van der Waals surface area contributed by atoms with Crippen molar-refractivity contribution < 1.29 is 14.4 Å². The summed E-state index contributed by atoms with van der Waals surface area (Å²) in [5, 5.41) is 2.88. The Morgan fingerprint density at radius 2 is 1.72 bits per heavy atom. The number of hydrogen-bond acceptors (Lipinski definition) is 4. The van der Waals surface area contributed by atoms with Gasteiger partial charge in [0.25, 0.3) is 11.8 Å². The molecule has 1 N–H and O–H groups in total. The Bertz CT molecular complexity index is 925.